The molecule has 0 radical (unpaired) electrons. The van der Waals surface area contributed by atoms with Gasteiger partial charge in [-0.1, -0.05) is 25.4 Å². The molecule has 2 heterocycles. The number of aryl methyl sites for hydroxylation is 1. The fourth-order valence-electron chi connectivity index (χ4n) is 3.31. The van der Waals surface area contributed by atoms with Crippen LogP contribution in [0.3, 0.4) is 0 Å². The molecule has 0 fully saturated rings. The van der Waals surface area contributed by atoms with Crippen LogP contribution in [0.1, 0.15) is 58.0 Å². The number of hydrogen-bond donors (Lipinski definition) is 3. The summed E-state index contributed by atoms with van der Waals surface area (Å²) in [4.78, 5) is 39.9. The van der Waals surface area contributed by atoms with Crippen LogP contribution in [0.25, 0.3) is 0 Å². The fraction of sp³-hybridized carbons (Fsp3) is 0.304. The molecule has 2 aromatic heterocycles. The zero-order chi connectivity index (χ0) is 25.9. The number of anilines is 2. The smallest absolute Gasteiger partial charge is 0.273 e. The molecular formula is C23H25ClFN5O4S. The number of furan rings is 1. The Morgan fingerprint density at radius 2 is 1.97 bits per heavy atom. The lowest BCUT2D eigenvalue weighted by molar-refractivity contribution is -0.122. The minimum atomic E-state index is -1.30. The van der Waals surface area contributed by atoms with Gasteiger partial charge in [0.1, 0.15) is 22.2 Å². The van der Waals surface area contributed by atoms with Crippen molar-refractivity contribution in [1.29, 1.82) is 0 Å². The van der Waals surface area contributed by atoms with Crippen molar-refractivity contribution in [2.75, 3.05) is 17.2 Å². The quantitative estimate of drug-likeness (QED) is 0.387. The molecule has 0 unspecified atom stereocenters. The van der Waals surface area contributed by atoms with Crippen molar-refractivity contribution in [2.24, 2.45) is 11.7 Å². The van der Waals surface area contributed by atoms with E-state index in [0.717, 1.165) is 11.0 Å². The second kappa shape index (κ2) is 10.9. The van der Waals surface area contributed by atoms with E-state index < -0.39 is 29.6 Å². The van der Waals surface area contributed by atoms with Crippen LogP contribution >= 0.6 is 23.1 Å². The Bertz CT molecular complexity index is 1260. The van der Waals surface area contributed by atoms with E-state index >= 15 is 0 Å². The molecule has 1 aromatic carbocycles. The van der Waals surface area contributed by atoms with Crippen molar-refractivity contribution in [3.05, 3.63) is 63.3 Å². The summed E-state index contributed by atoms with van der Waals surface area (Å²) >= 11 is 6.66. The topological polar surface area (TPSA) is 145 Å². The van der Waals surface area contributed by atoms with Crippen molar-refractivity contribution in [1.82, 2.24) is 9.69 Å². The van der Waals surface area contributed by atoms with Gasteiger partial charge in [-0.25, -0.2) is 4.39 Å². The van der Waals surface area contributed by atoms with E-state index in [1.807, 2.05) is 13.8 Å². The second-order valence-corrected chi connectivity index (χ2v) is 9.42. The molecule has 3 rings (SSSR count). The highest BCUT2D eigenvalue weighted by molar-refractivity contribution is 7.09. The Morgan fingerprint density at radius 3 is 2.51 bits per heavy atom. The molecular weight excluding hydrogens is 497 g/mol. The maximum Gasteiger partial charge on any atom is 0.273 e. The first kappa shape index (κ1) is 26.2. The van der Waals surface area contributed by atoms with Crippen LogP contribution in [0.2, 0.25) is 5.02 Å². The molecule has 12 heteroatoms. The zero-order valence-electron chi connectivity index (χ0n) is 19.3. The first-order valence-electron chi connectivity index (χ1n) is 10.7. The van der Waals surface area contributed by atoms with Crippen LogP contribution in [-0.2, 0) is 4.79 Å². The lowest BCUT2D eigenvalue weighted by Crippen LogP contribution is -2.44. The Hall–Kier alpha value is -3.44. The Morgan fingerprint density at radius 1 is 1.26 bits per heavy atom. The van der Waals surface area contributed by atoms with E-state index in [-0.39, 0.29) is 32.7 Å². The first-order chi connectivity index (χ1) is 16.5. The van der Waals surface area contributed by atoms with Gasteiger partial charge < -0.3 is 21.2 Å². The molecule has 0 saturated carbocycles. The van der Waals surface area contributed by atoms with Crippen LogP contribution in [0.15, 0.2) is 34.7 Å². The predicted molar refractivity (Wildman–Crippen MR) is 132 cm³/mol. The summed E-state index contributed by atoms with van der Waals surface area (Å²) in [7, 11) is 0. The standard InChI is InChI=1S/C23H25ClFN5O4S/c1-11(2)8-9-28-22(32)19(16-7-4-12(3)34-16)30(13-5-6-15(25)14(24)10-13)23(33)20-17(26)18(21(27)31)29-35-20/h4-7,10-11,19H,8-9,26H2,1-3H3,(H2,27,31)(H,28,32)/t19-/m1/s1. The van der Waals surface area contributed by atoms with Crippen molar-refractivity contribution >= 4 is 52.2 Å². The molecule has 0 aliphatic carbocycles. The van der Waals surface area contributed by atoms with E-state index in [1.165, 1.54) is 12.1 Å². The minimum Gasteiger partial charge on any atom is -0.464 e. The Balaban J connectivity index is 2.16. The van der Waals surface area contributed by atoms with Gasteiger partial charge in [0.05, 0.1) is 10.7 Å². The van der Waals surface area contributed by atoms with Gasteiger partial charge in [0.15, 0.2) is 11.7 Å². The number of primary amides is 1. The van der Waals surface area contributed by atoms with Crippen LogP contribution < -0.4 is 21.7 Å². The molecule has 35 heavy (non-hydrogen) atoms. The van der Waals surface area contributed by atoms with E-state index in [0.29, 0.717) is 36.2 Å². The van der Waals surface area contributed by atoms with Crippen LogP contribution in [-0.4, -0.2) is 28.6 Å². The minimum absolute atomic E-state index is 0.105. The maximum absolute atomic E-state index is 14.0. The summed E-state index contributed by atoms with van der Waals surface area (Å²) in [6.45, 7) is 6.07. The van der Waals surface area contributed by atoms with E-state index in [2.05, 4.69) is 9.69 Å². The largest absolute Gasteiger partial charge is 0.464 e. The van der Waals surface area contributed by atoms with Crippen molar-refractivity contribution in [2.45, 2.75) is 33.2 Å². The molecule has 0 saturated heterocycles. The summed E-state index contributed by atoms with van der Waals surface area (Å²) in [5.74, 6) is -1.91. The molecule has 0 aliphatic heterocycles. The molecule has 0 spiro atoms. The lowest BCUT2D eigenvalue weighted by atomic mass is 10.1. The van der Waals surface area contributed by atoms with Gasteiger partial charge in [-0.15, -0.1) is 0 Å². The van der Waals surface area contributed by atoms with Crippen molar-refractivity contribution < 1.29 is 23.2 Å². The second-order valence-electron chi connectivity index (χ2n) is 8.24. The Labute approximate surface area is 210 Å². The number of rotatable bonds is 9. The summed E-state index contributed by atoms with van der Waals surface area (Å²) in [6, 6.07) is 5.50. The van der Waals surface area contributed by atoms with Gasteiger partial charge >= 0.3 is 0 Å². The normalized spacial score (nSPS) is 11.9. The molecule has 186 valence electrons. The molecule has 0 bridgehead atoms. The third-order valence-corrected chi connectivity index (χ3v) is 6.25. The van der Waals surface area contributed by atoms with Gasteiger partial charge in [0.25, 0.3) is 17.7 Å². The highest BCUT2D eigenvalue weighted by Crippen LogP contribution is 2.35. The monoisotopic (exact) mass is 521 g/mol. The summed E-state index contributed by atoms with van der Waals surface area (Å²) < 4.78 is 23.6. The molecule has 3 amide bonds. The zero-order valence-corrected chi connectivity index (χ0v) is 20.9. The molecule has 9 nitrogen and oxygen atoms in total. The molecule has 3 aromatic rings. The average Bonchev–Trinajstić information content (AvgIpc) is 3.38. The number of carbonyl (C=O) groups excluding carboxylic acids is 3. The molecule has 0 aliphatic rings. The predicted octanol–water partition coefficient (Wildman–Crippen LogP) is 4.07. The van der Waals surface area contributed by atoms with Crippen LogP contribution in [0.5, 0.6) is 0 Å². The summed E-state index contributed by atoms with van der Waals surface area (Å²) in [5.41, 5.74) is 10.9. The number of aromatic nitrogens is 1. The number of carbonyl (C=O) groups is 3. The van der Waals surface area contributed by atoms with Gasteiger partial charge in [-0.2, -0.15) is 4.37 Å². The number of hydrogen-bond acceptors (Lipinski definition) is 7. The number of nitrogens with one attached hydrogen (secondary N) is 1. The maximum atomic E-state index is 14.0. The third kappa shape index (κ3) is 5.80. The number of amides is 3. The van der Waals surface area contributed by atoms with E-state index in [1.54, 1.807) is 19.1 Å². The van der Waals surface area contributed by atoms with E-state index in [4.69, 9.17) is 27.5 Å². The number of nitrogen functional groups attached to an aromatic ring is 1. The van der Waals surface area contributed by atoms with E-state index in [9.17, 15) is 18.8 Å². The average molecular weight is 522 g/mol. The number of benzene rings is 1. The van der Waals surface area contributed by atoms with Crippen LogP contribution in [0.4, 0.5) is 15.8 Å². The summed E-state index contributed by atoms with van der Waals surface area (Å²) in [6.07, 6.45) is 0.704. The SMILES string of the molecule is Cc1ccc([C@H](C(=O)NCCC(C)C)N(C(=O)c2snc(C(N)=O)c2N)c2ccc(F)c(Cl)c2)o1. The number of nitrogens with two attached hydrogens (primary N) is 2. The van der Waals surface area contributed by atoms with Gasteiger partial charge in [-0.3, -0.25) is 19.3 Å². The molecule has 1 atom stereocenters. The number of nitrogens with zero attached hydrogens (tertiary/aromatic N) is 2. The summed E-state index contributed by atoms with van der Waals surface area (Å²) in [5, 5.41) is 2.57. The van der Waals surface area contributed by atoms with Gasteiger partial charge in [-0.05, 0) is 61.1 Å². The highest BCUT2D eigenvalue weighted by Gasteiger charge is 2.38. The van der Waals surface area contributed by atoms with Gasteiger partial charge in [0.2, 0.25) is 0 Å². The number of halogens is 2. The van der Waals surface area contributed by atoms with Crippen LogP contribution in [0, 0.1) is 18.7 Å². The molecule has 5 N–H and O–H groups in total. The van der Waals surface area contributed by atoms with Crippen molar-refractivity contribution in [3.63, 3.8) is 0 Å². The fourth-order valence-corrected chi connectivity index (χ4v) is 4.23. The van der Waals surface area contributed by atoms with Crippen molar-refractivity contribution in [3.8, 4) is 0 Å². The highest BCUT2D eigenvalue weighted by atomic mass is 35.5. The lowest BCUT2D eigenvalue weighted by Gasteiger charge is -2.30. The van der Waals surface area contributed by atoms with Gasteiger partial charge in [0, 0.05) is 12.2 Å². The third-order valence-electron chi connectivity index (χ3n) is 5.11. The first-order valence-corrected chi connectivity index (χ1v) is 11.8. The Kier molecular flexibility index (Phi) is 8.13.